The molecule has 0 radical (unpaired) electrons. The van der Waals surface area contributed by atoms with Crippen LogP contribution in [0.25, 0.3) is 0 Å². The highest BCUT2D eigenvalue weighted by Crippen LogP contribution is 2.66. The number of Topliss-reactive ketones (excluding diaryl/α,β-unsaturated/α-hetero) is 1. The number of hydrogen-bond donors (Lipinski definition) is 2. The smallest absolute Gasteiger partial charge is 0.161 e. The standard InChI is InChI=1S/C21H30O4/c1-20-8-7-13(23)9-12(20)3-4-14-15-5-6-16(18(25)11-22)21(15,2)10-17(24)19(14)20/h9,14-17,19,22,24H,3-8,10-11H2,1-2H3/t14-,15-,16?,17?,19+,20-,21-/m0/s1. The maximum absolute atomic E-state index is 12.3. The van der Waals surface area contributed by atoms with E-state index in [2.05, 4.69) is 13.8 Å². The number of rotatable bonds is 2. The molecule has 138 valence electrons. The van der Waals surface area contributed by atoms with E-state index < -0.39 is 6.10 Å². The predicted molar refractivity (Wildman–Crippen MR) is 93.7 cm³/mol. The van der Waals surface area contributed by atoms with Crippen LogP contribution in [0.2, 0.25) is 0 Å². The van der Waals surface area contributed by atoms with Crippen LogP contribution >= 0.6 is 0 Å². The fourth-order valence-electron chi connectivity index (χ4n) is 7.33. The number of carbonyl (C=O) groups is 2. The Bertz CT molecular complexity index is 638. The first-order valence-corrected chi connectivity index (χ1v) is 9.87. The third-order valence-corrected chi connectivity index (χ3v) is 8.44. The van der Waals surface area contributed by atoms with Crippen LogP contribution in [0, 0.1) is 34.5 Å². The maximum atomic E-state index is 12.3. The Morgan fingerprint density at radius 3 is 2.72 bits per heavy atom. The molecule has 0 aliphatic heterocycles. The zero-order chi connectivity index (χ0) is 18.0. The van der Waals surface area contributed by atoms with Crippen LogP contribution < -0.4 is 0 Å². The Morgan fingerprint density at radius 1 is 1.24 bits per heavy atom. The summed E-state index contributed by atoms with van der Waals surface area (Å²) in [6.45, 7) is 4.03. The number of ketones is 2. The van der Waals surface area contributed by atoms with Gasteiger partial charge >= 0.3 is 0 Å². The van der Waals surface area contributed by atoms with Crippen LogP contribution in [0.5, 0.6) is 0 Å². The van der Waals surface area contributed by atoms with Crippen molar-refractivity contribution >= 4 is 11.6 Å². The molecule has 7 atom stereocenters. The number of allylic oxidation sites excluding steroid dienone is 1. The van der Waals surface area contributed by atoms with E-state index in [4.69, 9.17) is 0 Å². The summed E-state index contributed by atoms with van der Waals surface area (Å²) in [6, 6.07) is 0. The molecule has 0 amide bonds. The molecule has 0 aromatic heterocycles. The molecule has 25 heavy (non-hydrogen) atoms. The van der Waals surface area contributed by atoms with Gasteiger partial charge in [-0.2, -0.15) is 0 Å². The lowest BCUT2D eigenvalue weighted by molar-refractivity contribution is -0.146. The SMILES string of the molecule is C[C@]12CCC(=O)C=C1CC[C@@H]1[C@@H]2C(O)C[C@]2(C)C(C(=O)CO)CC[C@@H]12. The molecule has 4 aliphatic rings. The molecule has 4 rings (SSSR count). The monoisotopic (exact) mass is 346 g/mol. The largest absolute Gasteiger partial charge is 0.393 e. The van der Waals surface area contributed by atoms with Crippen LogP contribution in [0.15, 0.2) is 11.6 Å². The van der Waals surface area contributed by atoms with Crippen molar-refractivity contribution in [3.05, 3.63) is 11.6 Å². The highest BCUT2D eigenvalue weighted by Gasteiger charge is 2.62. The molecule has 0 saturated heterocycles. The van der Waals surface area contributed by atoms with E-state index in [0.29, 0.717) is 24.7 Å². The summed E-state index contributed by atoms with van der Waals surface area (Å²) in [5, 5.41) is 20.5. The molecule has 4 aliphatic carbocycles. The van der Waals surface area contributed by atoms with Crippen molar-refractivity contribution < 1.29 is 19.8 Å². The molecule has 2 unspecified atom stereocenters. The molecular weight excluding hydrogens is 316 g/mol. The Morgan fingerprint density at radius 2 is 2.00 bits per heavy atom. The number of aliphatic hydroxyl groups excluding tert-OH is 2. The number of aliphatic hydroxyl groups is 2. The van der Waals surface area contributed by atoms with Gasteiger partial charge < -0.3 is 10.2 Å². The molecule has 4 heteroatoms. The van der Waals surface area contributed by atoms with Crippen LogP contribution in [-0.2, 0) is 9.59 Å². The van der Waals surface area contributed by atoms with Crippen molar-refractivity contribution in [2.75, 3.05) is 6.61 Å². The first kappa shape index (κ1) is 17.4. The van der Waals surface area contributed by atoms with Gasteiger partial charge in [0, 0.05) is 12.3 Å². The normalized spacial score (nSPS) is 49.0. The summed E-state index contributed by atoms with van der Waals surface area (Å²) >= 11 is 0. The second-order valence-corrected chi connectivity index (χ2v) is 9.42. The van der Waals surface area contributed by atoms with Crippen LogP contribution in [0.1, 0.15) is 58.8 Å². The second kappa shape index (κ2) is 5.75. The fourth-order valence-corrected chi connectivity index (χ4v) is 7.33. The molecule has 2 N–H and O–H groups in total. The summed E-state index contributed by atoms with van der Waals surface area (Å²) in [5.41, 5.74) is 0.979. The van der Waals surface area contributed by atoms with Gasteiger partial charge in [-0.25, -0.2) is 0 Å². The first-order valence-electron chi connectivity index (χ1n) is 9.87. The lowest BCUT2D eigenvalue weighted by Gasteiger charge is -2.59. The average molecular weight is 346 g/mol. The minimum Gasteiger partial charge on any atom is -0.393 e. The molecule has 4 nitrogen and oxygen atoms in total. The summed E-state index contributed by atoms with van der Waals surface area (Å²) < 4.78 is 0. The second-order valence-electron chi connectivity index (χ2n) is 9.42. The summed E-state index contributed by atoms with van der Waals surface area (Å²) in [6.07, 6.45) is 7.32. The molecule has 0 aromatic rings. The predicted octanol–water partition coefficient (Wildman–Crippen LogP) is 2.67. The molecule has 3 fully saturated rings. The van der Waals surface area contributed by atoms with Crippen molar-refractivity contribution in [3.8, 4) is 0 Å². The molecular formula is C21H30O4. The van der Waals surface area contributed by atoms with Crippen molar-refractivity contribution in [3.63, 3.8) is 0 Å². The van der Waals surface area contributed by atoms with Gasteiger partial charge in [0.15, 0.2) is 11.6 Å². The topological polar surface area (TPSA) is 74.6 Å². The summed E-state index contributed by atoms with van der Waals surface area (Å²) in [4.78, 5) is 24.2. The van der Waals surface area contributed by atoms with Gasteiger partial charge in [-0.1, -0.05) is 19.4 Å². The molecule has 0 heterocycles. The van der Waals surface area contributed by atoms with E-state index in [9.17, 15) is 19.8 Å². The van der Waals surface area contributed by atoms with Gasteiger partial charge in [0.05, 0.1) is 6.10 Å². The first-order chi connectivity index (χ1) is 11.8. The Labute approximate surface area is 149 Å². The highest BCUT2D eigenvalue weighted by atomic mass is 16.3. The lowest BCUT2D eigenvalue weighted by atomic mass is 9.46. The van der Waals surface area contributed by atoms with Crippen LogP contribution in [-0.4, -0.2) is 34.5 Å². The zero-order valence-corrected chi connectivity index (χ0v) is 15.3. The van der Waals surface area contributed by atoms with Gasteiger partial charge in [-0.05, 0) is 73.2 Å². The van der Waals surface area contributed by atoms with Crippen molar-refractivity contribution in [1.29, 1.82) is 0 Å². The van der Waals surface area contributed by atoms with E-state index >= 15 is 0 Å². The maximum Gasteiger partial charge on any atom is 0.161 e. The van der Waals surface area contributed by atoms with Crippen molar-refractivity contribution in [2.45, 2.75) is 64.9 Å². The number of hydrogen-bond acceptors (Lipinski definition) is 4. The minimum absolute atomic E-state index is 0.0541. The van der Waals surface area contributed by atoms with Crippen LogP contribution in [0.3, 0.4) is 0 Å². The molecule has 0 aromatic carbocycles. The van der Waals surface area contributed by atoms with Crippen LogP contribution in [0.4, 0.5) is 0 Å². The van der Waals surface area contributed by atoms with Crippen molar-refractivity contribution in [1.82, 2.24) is 0 Å². The van der Waals surface area contributed by atoms with Gasteiger partial charge in [0.2, 0.25) is 0 Å². The van der Waals surface area contributed by atoms with Gasteiger partial charge in [-0.3, -0.25) is 9.59 Å². The molecule has 0 spiro atoms. The number of carbonyl (C=O) groups excluding carboxylic acids is 2. The summed E-state index contributed by atoms with van der Waals surface area (Å²) in [7, 11) is 0. The Hall–Kier alpha value is -1.00. The van der Waals surface area contributed by atoms with E-state index in [0.717, 1.165) is 32.1 Å². The van der Waals surface area contributed by atoms with Crippen molar-refractivity contribution in [2.24, 2.45) is 34.5 Å². The fraction of sp³-hybridized carbons (Fsp3) is 0.810. The molecule has 3 saturated carbocycles. The average Bonchev–Trinajstić information content (AvgIpc) is 2.91. The van der Waals surface area contributed by atoms with Gasteiger partial charge in [0.25, 0.3) is 0 Å². The minimum atomic E-state index is -0.430. The quantitative estimate of drug-likeness (QED) is 0.806. The molecule has 0 bridgehead atoms. The van der Waals surface area contributed by atoms with E-state index in [1.54, 1.807) is 0 Å². The highest BCUT2D eigenvalue weighted by molar-refractivity contribution is 5.91. The lowest BCUT2D eigenvalue weighted by Crippen LogP contribution is -2.57. The van der Waals surface area contributed by atoms with E-state index in [1.165, 1.54) is 5.57 Å². The van der Waals surface area contributed by atoms with E-state index in [-0.39, 0.29) is 40.8 Å². The van der Waals surface area contributed by atoms with Gasteiger partial charge in [0.1, 0.15) is 6.61 Å². The summed E-state index contributed by atoms with van der Waals surface area (Å²) in [5.74, 6) is 1.12. The third-order valence-electron chi connectivity index (χ3n) is 8.44. The Balaban J connectivity index is 1.70. The Kier molecular flexibility index (Phi) is 4.01. The number of fused-ring (bicyclic) bond motifs is 5. The zero-order valence-electron chi connectivity index (χ0n) is 15.3. The van der Waals surface area contributed by atoms with Gasteiger partial charge in [-0.15, -0.1) is 0 Å². The third kappa shape index (κ3) is 2.33. The van der Waals surface area contributed by atoms with E-state index in [1.807, 2.05) is 6.08 Å².